The van der Waals surface area contributed by atoms with Crippen LogP contribution in [0.4, 0.5) is 4.39 Å². The van der Waals surface area contributed by atoms with E-state index in [1.165, 1.54) is 24.1 Å². The number of halogens is 1. The molecule has 0 spiro atoms. The molecule has 1 aliphatic rings. The van der Waals surface area contributed by atoms with E-state index in [0.29, 0.717) is 25.0 Å². The van der Waals surface area contributed by atoms with Crippen molar-refractivity contribution < 1.29 is 9.18 Å². The number of rotatable bonds is 9. The van der Waals surface area contributed by atoms with E-state index in [4.69, 9.17) is 5.73 Å². The second-order valence-corrected chi connectivity index (χ2v) is 8.02. The van der Waals surface area contributed by atoms with Gasteiger partial charge < -0.3 is 16.4 Å². The molecule has 2 aromatic carbocycles. The minimum atomic E-state index is -0.412. The van der Waals surface area contributed by atoms with Gasteiger partial charge in [-0.25, -0.2) is 4.39 Å². The Hall–Kier alpha value is -2.93. The van der Waals surface area contributed by atoms with E-state index in [9.17, 15) is 9.18 Å². The first kappa shape index (κ1) is 22.7. The molecular formula is C24H32FN5O. The fraction of sp³-hybridized carbons (Fsp3) is 0.417. The van der Waals surface area contributed by atoms with E-state index < -0.39 is 11.8 Å². The molecule has 1 saturated heterocycles. The molecule has 31 heavy (non-hydrogen) atoms. The number of aliphatic imine (C=N–C) groups is 1. The monoisotopic (exact) mass is 425 g/mol. The summed E-state index contributed by atoms with van der Waals surface area (Å²) in [5, 5.41) is 6.60. The predicted octanol–water partition coefficient (Wildman–Crippen LogP) is 2.30. The van der Waals surface area contributed by atoms with Gasteiger partial charge in [0.2, 0.25) is 5.91 Å². The number of hydrogen-bond acceptors (Lipinski definition) is 3. The Morgan fingerprint density at radius 3 is 2.58 bits per heavy atom. The molecule has 2 atom stereocenters. The Morgan fingerprint density at radius 1 is 1.16 bits per heavy atom. The van der Waals surface area contributed by atoms with Crippen LogP contribution in [0.25, 0.3) is 0 Å². The van der Waals surface area contributed by atoms with Crippen LogP contribution in [0.5, 0.6) is 0 Å². The molecule has 4 N–H and O–H groups in total. The van der Waals surface area contributed by atoms with Crippen LogP contribution in [0.15, 0.2) is 59.6 Å². The number of benzene rings is 2. The molecule has 2 aromatic rings. The standard InChI is InChI=1S/C24H32FN5O/c1-27-24(28-15-20(23(26)31)14-18-9-11-21(25)12-10-18)29-16-22-8-5-13-30(22)17-19-6-3-2-4-7-19/h2-4,6-7,9-12,20,22H,5,8,13-17H2,1H3,(H2,26,31)(H2,27,28,29). The van der Waals surface area contributed by atoms with Crippen LogP contribution in [-0.4, -0.2) is 49.5 Å². The highest BCUT2D eigenvalue weighted by atomic mass is 19.1. The summed E-state index contributed by atoms with van der Waals surface area (Å²) in [4.78, 5) is 18.7. The fourth-order valence-electron chi connectivity index (χ4n) is 3.99. The fourth-order valence-corrected chi connectivity index (χ4v) is 3.99. The maximum Gasteiger partial charge on any atom is 0.222 e. The highest BCUT2D eigenvalue weighted by Gasteiger charge is 2.24. The number of nitrogens with two attached hydrogens (primary N) is 1. The Balaban J connectivity index is 1.48. The van der Waals surface area contributed by atoms with Crippen LogP contribution in [0.2, 0.25) is 0 Å². The molecule has 0 radical (unpaired) electrons. The third-order valence-corrected chi connectivity index (χ3v) is 5.77. The van der Waals surface area contributed by atoms with Gasteiger partial charge in [0.15, 0.2) is 5.96 Å². The number of carbonyl (C=O) groups is 1. The summed E-state index contributed by atoms with van der Waals surface area (Å²) in [7, 11) is 1.71. The number of primary amides is 1. The van der Waals surface area contributed by atoms with Gasteiger partial charge in [-0.2, -0.15) is 0 Å². The van der Waals surface area contributed by atoms with Crippen LogP contribution >= 0.6 is 0 Å². The van der Waals surface area contributed by atoms with E-state index in [2.05, 4.69) is 44.8 Å². The normalized spacial score (nSPS) is 18.0. The molecule has 0 aliphatic carbocycles. The maximum atomic E-state index is 13.1. The Bertz CT molecular complexity index is 856. The van der Waals surface area contributed by atoms with Crippen LogP contribution in [0, 0.1) is 11.7 Å². The average Bonchev–Trinajstić information content (AvgIpc) is 3.21. The molecule has 6 nitrogen and oxygen atoms in total. The van der Waals surface area contributed by atoms with Gasteiger partial charge in [0.1, 0.15) is 5.82 Å². The topological polar surface area (TPSA) is 82.7 Å². The van der Waals surface area contributed by atoms with Crippen LogP contribution in [0.3, 0.4) is 0 Å². The van der Waals surface area contributed by atoms with Crippen molar-refractivity contribution in [1.82, 2.24) is 15.5 Å². The summed E-state index contributed by atoms with van der Waals surface area (Å²) < 4.78 is 13.1. The van der Waals surface area contributed by atoms with Gasteiger partial charge in [-0.3, -0.25) is 14.7 Å². The van der Waals surface area contributed by atoms with Crippen molar-refractivity contribution in [2.24, 2.45) is 16.6 Å². The number of amides is 1. The zero-order valence-corrected chi connectivity index (χ0v) is 18.1. The van der Waals surface area contributed by atoms with Gasteiger partial charge >= 0.3 is 0 Å². The first-order valence-corrected chi connectivity index (χ1v) is 10.8. The van der Waals surface area contributed by atoms with Crippen molar-refractivity contribution in [2.45, 2.75) is 31.8 Å². The van der Waals surface area contributed by atoms with Crippen LogP contribution in [-0.2, 0) is 17.8 Å². The van der Waals surface area contributed by atoms with Crippen molar-refractivity contribution in [2.75, 3.05) is 26.7 Å². The summed E-state index contributed by atoms with van der Waals surface area (Å²) >= 11 is 0. The summed E-state index contributed by atoms with van der Waals surface area (Å²) in [6, 6.07) is 17.1. The summed E-state index contributed by atoms with van der Waals surface area (Å²) in [6.45, 7) is 3.19. The van der Waals surface area contributed by atoms with E-state index in [1.54, 1.807) is 19.2 Å². The molecule has 1 amide bonds. The van der Waals surface area contributed by atoms with E-state index in [1.807, 2.05) is 6.07 Å². The van der Waals surface area contributed by atoms with Gasteiger partial charge in [0.05, 0.1) is 5.92 Å². The quantitative estimate of drug-likeness (QED) is 0.425. The zero-order valence-electron chi connectivity index (χ0n) is 18.1. The minimum absolute atomic E-state index is 0.296. The number of nitrogens with zero attached hydrogens (tertiary/aromatic N) is 2. The molecule has 1 aliphatic heterocycles. The molecule has 0 saturated carbocycles. The van der Waals surface area contributed by atoms with Gasteiger partial charge in [-0.15, -0.1) is 0 Å². The van der Waals surface area contributed by atoms with Crippen molar-refractivity contribution in [3.63, 3.8) is 0 Å². The van der Waals surface area contributed by atoms with E-state index >= 15 is 0 Å². The lowest BCUT2D eigenvalue weighted by molar-refractivity contribution is -0.121. The Morgan fingerprint density at radius 2 is 1.90 bits per heavy atom. The van der Waals surface area contributed by atoms with Crippen molar-refractivity contribution in [3.05, 3.63) is 71.5 Å². The smallest absolute Gasteiger partial charge is 0.222 e. The highest BCUT2D eigenvalue weighted by molar-refractivity contribution is 5.81. The molecule has 3 rings (SSSR count). The largest absolute Gasteiger partial charge is 0.369 e. The van der Waals surface area contributed by atoms with Gasteiger partial charge in [-0.05, 0) is 49.1 Å². The molecular weight excluding hydrogens is 393 g/mol. The first-order chi connectivity index (χ1) is 15.0. The lowest BCUT2D eigenvalue weighted by atomic mass is 9.98. The number of carbonyl (C=O) groups excluding carboxylic acids is 1. The molecule has 0 bridgehead atoms. The average molecular weight is 426 g/mol. The molecule has 166 valence electrons. The van der Waals surface area contributed by atoms with Crippen LogP contribution < -0.4 is 16.4 Å². The number of guanidine groups is 1. The van der Waals surface area contributed by atoms with Gasteiger partial charge in [0.25, 0.3) is 0 Å². The summed E-state index contributed by atoms with van der Waals surface area (Å²) in [6.07, 6.45) is 2.78. The third-order valence-electron chi connectivity index (χ3n) is 5.77. The molecule has 2 unspecified atom stereocenters. The summed E-state index contributed by atoms with van der Waals surface area (Å²) in [5.74, 6) is -0.450. The molecule has 7 heteroatoms. The maximum absolute atomic E-state index is 13.1. The number of hydrogen-bond donors (Lipinski definition) is 3. The number of likely N-dealkylation sites (tertiary alicyclic amines) is 1. The van der Waals surface area contributed by atoms with Gasteiger partial charge in [-0.1, -0.05) is 42.5 Å². The molecule has 1 heterocycles. The highest BCUT2D eigenvalue weighted by Crippen LogP contribution is 2.19. The lowest BCUT2D eigenvalue weighted by Crippen LogP contribution is -2.47. The summed E-state index contributed by atoms with van der Waals surface area (Å²) in [5.41, 5.74) is 7.78. The second-order valence-electron chi connectivity index (χ2n) is 8.02. The first-order valence-electron chi connectivity index (χ1n) is 10.8. The zero-order chi connectivity index (χ0) is 22.1. The van der Waals surface area contributed by atoms with E-state index in [-0.39, 0.29) is 5.82 Å². The van der Waals surface area contributed by atoms with Crippen molar-refractivity contribution in [1.29, 1.82) is 0 Å². The number of nitrogens with one attached hydrogen (secondary N) is 2. The Labute approximate surface area is 183 Å². The lowest BCUT2D eigenvalue weighted by Gasteiger charge is -2.26. The molecule has 1 fully saturated rings. The predicted molar refractivity (Wildman–Crippen MR) is 122 cm³/mol. The minimum Gasteiger partial charge on any atom is -0.369 e. The second kappa shape index (κ2) is 11.5. The SMILES string of the molecule is CN=C(NCC(Cc1ccc(F)cc1)C(N)=O)NCC1CCCN1Cc1ccccc1. The third kappa shape index (κ3) is 7.07. The van der Waals surface area contributed by atoms with Crippen molar-refractivity contribution in [3.8, 4) is 0 Å². The van der Waals surface area contributed by atoms with Crippen LogP contribution in [0.1, 0.15) is 24.0 Å². The van der Waals surface area contributed by atoms with E-state index in [0.717, 1.165) is 31.6 Å². The Kier molecular flexibility index (Phi) is 8.41. The van der Waals surface area contributed by atoms with Gasteiger partial charge in [0, 0.05) is 32.7 Å². The van der Waals surface area contributed by atoms with Crippen molar-refractivity contribution >= 4 is 11.9 Å². The molecule has 0 aromatic heterocycles.